The quantitative estimate of drug-likeness (QED) is 0.165. The second kappa shape index (κ2) is 10.9. The van der Waals surface area contributed by atoms with Crippen molar-refractivity contribution in [3.05, 3.63) is 74.5 Å². The van der Waals surface area contributed by atoms with Gasteiger partial charge in [0.1, 0.15) is 18.1 Å². The van der Waals surface area contributed by atoms with Crippen LogP contribution in [0.4, 0.5) is 0 Å². The highest BCUT2D eigenvalue weighted by atomic mass is 32.2. The number of aromatic amines is 1. The molecule has 2 spiro atoms. The molecule has 13 nitrogen and oxygen atoms in total. The fourth-order valence-electron chi connectivity index (χ4n) is 11.9. The van der Waals surface area contributed by atoms with E-state index in [2.05, 4.69) is 51.3 Å². The minimum atomic E-state index is -1.23. The summed E-state index contributed by atoms with van der Waals surface area (Å²) in [5.74, 6) is 1.38. The summed E-state index contributed by atoms with van der Waals surface area (Å²) in [6, 6.07) is 7.36. The molecule has 4 fully saturated rings. The second-order valence-electron chi connectivity index (χ2n) is 16.9. The summed E-state index contributed by atoms with van der Waals surface area (Å²) in [6.45, 7) is 7.85. The molecule has 4 N–H and O–H groups in total. The first-order valence-corrected chi connectivity index (χ1v) is 20.5. The monoisotopic (exact) mass is 778 g/mol. The third-order valence-electron chi connectivity index (χ3n) is 14.2. The molecule has 3 aromatic carbocycles. The molecule has 2 bridgehead atoms. The van der Waals surface area contributed by atoms with Gasteiger partial charge in [-0.1, -0.05) is 17.7 Å². The number of aliphatic hydroxyl groups is 1. The van der Waals surface area contributed by atoms with Crippen molar-refractivity contribution < 1.29 is 43.5 Å². The first-order chi connectivity index (χ1) is 27.0. The van der Waals surface area contributed by atoms with Gasteiger partial charge in [0, 0.05) is 70.9 Å². The molecule has 14 heteroatoms. The van der Waals surface area contributed by atoms with Gasteiger partial charge in [0.15, 0.2) is 28.5 Å². The zero-order valence-corrected chi connectivity index (χ0v) is 32.5. The molecule has 56 heavy (non-hydrogen) atoms. The van der Waals surface area contributed by atoms with Crippen molar-refractivity contribution in [2.45, 2.75) is 99.8 Å². The van der Waals surface area contributed by atoms with Crippen LogP contribution < -0.4 is 24.3 Å². The Bertz CT molecular complexity index is 2500. The number of phenolic OH excluding ortho intramolecular Hbond substituents is 1. The number of esters is 2. The number of aromatic nitrogens is 1. The van der Waals surface area contributed by atoms with E-state index in [1.165, 1.54) is 6.92 Å². The van der Waals surface area contributed by atoms with Crippen molar-refractivity contribution in [2.75, 3.05) is 26.2 Å². The molecular weight excluding hydrogens is 737 g/mol. The van der Waals surface area contributed by atoms with Gasteiger partial charge in [0.05, 0.1) is 35.7 Å². The number of fused-ring (bicyclic) bond motifs is 9. The van der Waals surface area contributed by atoms with Crippen molar-refractivity contribution in [1.82, 2.24) is 20.1 Å². The smallest absolute Gasteiger partial charge is 0.333 e. The normalized spacial score (nSPS) is 34.1. The number of nitrogens with one attached hydrogen (secondary N) is 2. The number of hydrogen-bond acceptors (Lipinski definition) is 13. The second-order valence-corrected chi connectivity index (χ2v) is 18.0. The average Bonchev–Trinajstić information content (AvgIpc) is 3.43. The molecule has 9 heterocycles. The van der Waals surface area contributed by atoms with Gasteiger partial charge in [-0.05, 0) is 62.4 Å². The molecule has 8 aliphatic heterocycles. The highest BCUT2D eigenvalue weighted by Crippen LogP contribution is 2.74. The van der Waals surface area contributed by atoms with Crippen molar-refractivity contribution in [2.24, 2.45) is 0 Å². The SMILES string of the molecule is COc1c(C)cc2c(c1O)C1C3[C@@H]4SC[C@]5(NCCc6c5[nH]c5ccc(C)cc65)C(=O)OC5CC5(c5c6c(c(C)c(OC(C)=O)c54)OCO6)N3[C@@H](O)C3C[C@H]2N13. The summed E-state index contributed by atoms with van der Waals surface area (Å²) in [7, 11) is 1.57. The van der Waals surface area contributed by atoms with Gasteiger partial charge in [-0.3, -0.25) is 19.9 Å². The number of thioether (sulfide) groups is 1. The number of carbonyl (C=O) groups excluding carboxylic acids is 2. The van der Waals surface area contributed by atoms with Gasteiger partial charge < -0.3 is 38.9 Å². The van der Waals surface area contributed by atoms with E-state index in [9.17, 15) is 15.0 Å². The van der Waals surface area contributed by atoms with E-state index >= 15 is 4.79 Å². The summed E-state index contributed by atoms with van der Waals surface area (Å²) in [6.07, 6.45) is 0.203. The maximum Gasteiger partial charge on any atom is 0.333 e. The topological polar surface area (TPSA) is 155 Å². The number of nitrogens with zero attached hydrogens (tertiary/aromatic N) is 2. The molecule has 1 aromatic heterocycles. The highest BCUT2D eigenvalue weighted by molar-refractivity contribution is 7.99. The number of H-pyrrole nitrogens is 1. The van der Waals surface area contributed by atoms with Crippen molar-refractivity contribution >= 4 is 34.6 Å². The number of phenols is 1. The fourth-order valence-corrected chi connectivity index (χ4v) is 13.6. The van der Waals surface area contributed by atoms with Crippen LogP contribution in [-0.4, -0.2) is 87.6 Å². The number of aliphatic hydroxyl groups excluding tert-OH is 1. The number of methoxy groups -OCH3 is 1. The van der Waals surface area contributed by atoms with Crippen LogP contribution >= 0.6 is 11.8 Å². The number of aryl methyl sites for hydroxylation is 2. The maximum atomic E-state index is 15.1. The minimum absolute atomic E-state index is 0.00573. The molecule has 0 amide bonds. The lowest BCUT2D eigenvalue weighted by Gasteiger charge is -2.64. The lowest BCUT2D eigenvalue weighted by Crippen LogP contribution is -2.73. The Morgan fingerprint density at radius 3 is 2.73 bits per heavy atom. The molecule has 290 valence electrons. The Hall–Kier alpha value is -4.47. The van der Waals surface area contributed by atoms with Gasteiger partial charge in [0.2, 0.25) is 6.79 Å². The van der Waals surface area contributed by atoms with E-state index < -0.39 is 40.7 Å². The summed E-state index contributed by atoms with van der Waals surface area (Å²) < 4.78 is 31.2. The van der Waals surface area contributed by atoms with Gasteiger partial charge in [0.25, 0.3) is 0 Å². The van der Waals surface area contributed by atoms with Crippen LogP contribution in [0.15, 0.2) is 24.3 Å². The van der Waals surface area contributed by atoms with Crippen LogP contribution in [0.5, 0.6) is 28.7 Å². The summed E-state index contributed by atoms with van der Waals surface area (Å²) in [4.78, 5) is 36.3. The molecule has 9 atom stereocenters. The van der Waals surface area contributed by atoms with E-state index in [1.54, 1.807) is 18.9 Å². The molecule has 1 saturated carbocycles. The summed E-state index contributed by atoms with van der Waals surface area (Å²) in [5.41, 5.74) is 6.58. The Balaban J connectivity index is 1.13. The summed E-state index contributed by atoms with van der Waals surface area (Å²) >= 11 is 1.58. The molecular formula is C42H42N4O9S. The van der Waals surface area contributed by atoms with Gasteiger partial charge in [-0.25, -0.2) is 4.79 Å². The molecule has 9 aliphatic rings. The van der Waals surface area contributed by atoms with Crippen LogP contribution in [0.25, 0.3) is 10.9 Å². The zero-order chi connectivity index (χ0) is 38.3. The van der Waals surface area contributed by atoms with Gasteiger partial charge in [-0.2, -0.15) is 0 Å². The lowest BCUT2D eigenvalue weighted by atomic mass is 9.75. The Morgan fingerprint density at radius 1 is 1.11 bits per heavy atom. The van der Waals surface area contributed by atoms with Crippen LogP contribution in [0.2, 0.25) is 0 Å². The maximum absolute atomic E-state index is 15.1. The van der Waals surface area contributed by atoms with Crippen LogP contribution in [0, 0.1) is 20.8 Å². The van der Waals surface area contributed by atoms with E-state index in [1.807, 2.05) is 13.8 Å². The molecule has 13 rings (SSSR count). The number of aromatic hydroxyl groups is 1. The predicted molar refractivity (Wildman–Crippen MR) is 203 cm³/mol. The largest absolute Gasteiger partial charge is 0.504 e. The standard InChI is InChI=1S/C42H42N4O9S/c1-16-6-7-23-21(10-16)20-8-9-43-41(38(20)44-23)14-56-37-28-29(36-35(52-15-53-36)18(3)34(28)54-19(4)47)42(13-26(42)55-40(41)50)46-31(37)30-27-22(11-17(2)33(51-5)32(27)48)24-12-25(39(46)49)45(24)30/h6-7,10-11,24-26,30-31,37,39,43-44,48-49H,8-9,12-15H2,1-5H3/t24-,25?,26?,30?,31?,37-,39+,41-,42?/m1/s1. The highest BCUT2D eigenvalue weighted by Gasteiger charge is 2.77. The summed E-state index contributed by atoms with van der Waals surface area (Å²) in [5, 5.41) is 29.1. The van der Waals surface area contributed by atoms with Crippen molar-refractivity contribution in [3.8, 4) is 28.7 Å². The fraction of sp³-hybridized carbons (Fsp3) is 0.476. The van der Waals surface area contributed by atoms with Crippen LogP contribution in [0.1, 0.15) is 87.3 Å². The predicted octanol–water partition coefficient (Wildman–Crippen LogP) is 4.69. The number of carbonyl (C=O) groups is 2. The van der Waals surface area contributed by atoms with E-state index in [4.69, 9.17) is 23.7 Å². The van der Waals surface area contributed by atoms with E-state index in [-0.39, 0.29) is 42.4 Å². The Kier molecular flexibility index (Phi) is 6.56. The van der Waals surface area contributed by atoms with Crippen molar-refractivity contribution in [1.29, 1.82) is 0 Å². The molecule has 5 unspecified atom stereocenters. The van der Waals surface area contributed by atoms with Crippen LogP contribution in [-0.2, 0) is 31.8 Å². The lowest BCUT2D eigenvalue weighted by molar-refractivity contribution is -0.230. The third kappa shape index (κ3) is 3.83. The van der Waals surface area contributed by atoms with Gasteiger partial charge in [-0.15, -0.1) is 11.8 Å². The Labute approximate surface area is 326 Å². The molecule has 4 aromatic rings. The molecule has 0 radical (unpaired) electrons. The number of piperazine rings is 1. The minimum Gasteiger partial charge on any atom is -0.504 e. The number of rotatable bonds is 2. The number of hydrogen-bond donors (Lipinski definition) is 4. The first-order valence-electron chi connectivity index (χ1n) is 19.5. The third-order valence-corrected chi connectivity index (χ3v) is 15.7. The van der Waals surface area contributed by atoms with E-state index in [0.717, 1.165) is 62.0 Å². The average molecular weight is 779 g/mol. The van der Waals surface area contributed by atoms with Crippen molar-refractivity contribution in [3.63, 3.8) is 0 Å². The first kappa shape index (κ1) is 33.6. The molecule has 3 saturated heterocycles. The van der Waals surface area contributed by atoms with E-state index in [0.29, 0.717) is 47.9 Å². The number of benzene rings is 3. The van der Waals surface area contributed by atoms with Gasteiger partial charge >= 0.3 is 11.9 Å². The number of ether oxygens (including phenoxy) is 5. The zero-order valence-electron chi connectivity index (χ0n) is 31.6. The Morgan fingerprint density at radius 2 is 1.93 bits per heavy atom. The van der Waals surface area contributed by atoms with Crippen LogP contribution in [0.3, 0.4) is 0 Å². The molecule has 1 aliphatic carbocycles.